The minimum atomic E-state index is -1.24. The SMILES string of the molecule is CCOc1cc(/C=C(\CC(=O)[O-])c2nc(-c3ccsc3)no2)ccc1OC. The number of benzene rings is 1. The van der Waals surface area contributed by atoms with Crippen molar-refractivity contribution in [2.75, 3.05) is 13.7 Å². The number of aliphatic carboxylic acids is 1. The van der Waals surface area contributed by atoms with Crippen LogP contribution in [0.5, 0.6) is 11.5 Å². The number of hydrogen-bond acceptors (Lipinski definition) is 8. The molecule has 0 atom stereocenters. The van der Waals surface area contributed by atoms with Gasteiger partial charge in [-0.05, 0) is 42.1 Å². The van der Waals surface area contributed by atoms with E-state index in [1.54, 1.807) is 31.4 Å². The van der Waals surface area contributed by atoms with Crippen molar-refractivity contribution in [3.8, 4) is 22.9 Å². The first-order valence-electron chi connectivity index (χ1n) is 8.18. The van der Waals surface area contributed by atoms with Gasteiger partial charge < -0.3 is 23.9 Å². The molecular formula is C19H17N2O5S-. The van der Waals surface area contributed by atoms with Crippen LogP contribution in [0.4, 0.5) is 0 Å². The van der Waals surface area contributed by atoms with Crippen molar-refractivity contribution in [2.45, 2.75) is 13.3 Å². The molecule has 0 aliphatic carbocycles. The second-order valence-electron chi connectivity index (χ2n) is 5.50. The molecular weight excluding hydrogens is 368 g/mol. The van der Waals surface area contributed by atoms with Crippen molar-refractivity contribution in [3.63, 3.8) is 0 Å². The van der Waals surface area contributed by atoms with Crippen LogP contribution in [0.2, 0.25) is 0 Å². The van der Waals surface area contributed by atoms with E-state index < -0.39 is 5.97 Å². The molecule has 3 rings (SSSR count). The Bertz CT molecular complexity index is 947. The lowest BCUT2D eigenvalue weighted by Gasteiger charge is -2.10. The summed E-state index contributed by atoms with van der Waals surface area (Å²) in [5.41, 5.74) is 1.87. The molecule has 27 heavy (non-hydrogen) atoms. The average Bonchev–Trinajstić information content (AvgIpc) is 3.33. The summed E-state index contributed by atoms with van der Waals surface area (Å²) >= 11 is 1.51. The third-order valence-electron chi connectivity index (χ3n) is 3.64. The Hall–Kier alpha value is -3.13. The Morgan fingerprint density at radius 1 is 1.33 bits per heavy atom. The molecule has 0 N–H and O–H groups in total. The Balaban J connectivity index is 1.97. The number of rotatable bonds is 8. The van der Waals surface area contributed by atoms with Crippen LogP contribution in [0.3, 0.4) is 0 Å². The van der Waals surface area contributed by atoms with Crippen LogP contribution in [0.15, 0.2) is 39.5 Å². The zero-order valence-corrected chi connectivity index (χ0v) is 15.6. The number of carboxylic acids is 1. The van der Waals surface area contributed by atoms with Gasteiger partial charge in [-0.15, -0.1) is 0 Å². The number of carbonyl (C=O) groups is 1. The molecule has 0 saturated heterocycles. The lowest BCUT2D eigenvalue weighted by Crippen LogP contribution is -2.22. The summed E-state index contributed by atoms with van der Waals surface area (Å²) in [6.45, 7) is 2.34. The second-order valence-corrected chi connectivity index (χ2v) is 6.28. The van der Waals surface area contributed by atoms with E-state index >= 15 is 0 Å². The summed E-state index contributed by atoms with van der Waals surface area (Å²) in [7, 11) is 1.55. The van der Waals surface area contributed by atoms with Gasteiger partial charge in [0, 0.05) is 28.9 Å². The largest absolute Gasteiger partial charge is 0.550 e. The minimum Gasteiger partial charge on any atom is -0.550 e. The first-order valence-corrected chi connectivity index (χ1v) is 9.13. The quantitative estimate of drug-likeness (QED) is 0.588. The molecule has 0 bridgehead atoms. The van der Waals surface area contributed by atoms with Crippen LogP contribution < -0.4 is 14.6 Å². The molecule has 2 heterocycles. The van der Waals surface area contributed by atoms with E-state index in [1.165, 1.54) is 11.3 Å². The number of aromatic nitrogens is 2. The first-order chi connectivity index (χ1) is 13.1. The number of ether oxygens (including phenoxy) is 2. The normalized spacial score (nSPS) is 11.4. The maximum atomic E-state index is 11.2. The Labute approximate surface area is 159 Å². The highest BCUT2D eigenvalue weighted by molar-refractivity contribution is 7.08. The zero-order chi connectivity index (χ0) is 19.2. The maximum absolute atomic E-state index is 11.2. The van der Waals surface area contributed by atoms with E-state index in [4.69, 9.17) is 14.0 Å². The van der Waals surface area contributed by atoms with Crippen LogP contribution in [0.25, 0.3) is 23.0 Å². The van der Waals surface area contributed by atoms with Crippen molar-refractivity contribution in [1.29, 1.82) is 0 Å². The Morgan fingerprint density at radius 2 is 2.19 bits per heavy atom. The molecule has 140 valence electrons. The predicted octanol–water partition coefficient (Wildman–Crippen LogP) is 2.89. The Kier molecular flexibility index (Phi) is 5.87. The van der Waals surface area contributed by atoms with E-state index in [0.717, 1.165) is 5.56 Å². The molecule has 7 nitrogen and oxygen atoms in total. The fourth-order valence-electron chi connectivity index (χ4n) is 2.46. The van der Waals surface area contributed by atoms with E-state index in [9.17, 15) is 9.90 Å². The summed E-state index contributed by atoms with van der Waals surface area (Å²) in [6, 6.07) is 7.15. The summed E-state index contributed by atoms with van der Waals surface area (Å²) < 4.78 is 16.1. The molecule has 0 amide bonds. The number of methoxy groups -OCH3 is 1. The second kappa shape index (κ2) is 8.50. The van der Waals surface area contributed by atoms with Crippen LogP contribution in [0.1, 0.15) is 24.8 Å². The van der Waals surface area contributed by atoms with Crippen molar-refractivity contribution < 1.29 is 23.9 Å². The Morgan fingerprint density at radius 3 is 2.85 bits per heavy atom. The van der Waals surface area contributed by atoms with Gasteiger partial charge in [0.25, 0.3) is 5.89 Å². The minimum absolute atomic E-state index is 0.133. The molecule has 0 saturated carbocycles. The van der Waals surface area contributed by atoms with Crippen LogP contribution >= 0.6 is 11.3 Å². The van der Waals surface area contributed by atoms with Crippen LogP contribution in [0, 0.1) is 0 Å². The van der Waals surface area contributed by atoms with E-state index in [2.05, 4.69) is 10.1 Å². The molecule has 0 aliphatic rings. The first kappa shape index (κ1) is 18.7. The average molecular weight is 385 g/mol. The predicted molar refractivity (Wildman–Crippen MR) is 99.3 cm³/mol. The van der Waals surface area contributed by atoms with Crippen molar-refractivity contribution in [3.05, 3.63) is 46.5 Å². The summed E-state index contributed by atoms with van der Waals surface area (Å²) in [5.74, 6) is 0.448. The topological polar surface area (TPSA) is 97.5 Å². The number of carboxylic acid groups (broad SMARTS) is 1. The van der Waals surface area contributed by atoms with Gasteiger partial charge in [0.2, 0.25) is 5.82 Å². The molecule has 2 aromatic heterocycles. The number of hydrogen-bond donors (Lipinski definition) is 0. The molecule has 3 aromatic rings. The summed E-state index contributed by atoms with van der Waals surface area (Å²) in [5, 5.41) is 18.9. The summed E-state index contributed by atoms with van der Waals surface area (Å²) in [4.78, 5) is 15.5. The fourth-order valence-corrected chi connectivity index (χ4v) is 3.09. The lowest BCUT2D eigenvalue weighted by molar-refractivity contribution is -0.304. The monoisotopic (exact) mass is 385 g/mol. The van der Waals surface area contributed by atoms with Gasteiger partial charge >= 0.3 is 0 Å². The number of nitrogens with zero attached hydrogens (tertiary/aromatic N) is 2. The lowest BCUT2D eigenvalue weighted by atomic mass is 10.1. The summed E-state index contributed by atoms with van der Waals surface area (Å²) in [6.07, 6.45) is 1.30. The highest BCUT2D eigenvalue weighted by Crippen LogP contribution is 2.31. The highest BCUT2D eigenvalue weighted by Gasteiger charge is 2.14. The van der Waals surface area contributed by atoms with Gasteiger partial charge in [0.15, 0.2) is 11.5 Å². The number of carbonyl (C=O) groups excluding carboxylic acids is 1. The maximum Gasteiger partial charge on any atom is 0.254 e. The van der Waals surface area contributed by atoms with Crippen molar-refractivity contribution in [2.24, 2.45) is 0 Å². The highest BCUT2D eigenvalue weighted by atomic mass is 32.1. The van der Waals surface area contributed by atoms with Crippen LogP contribution in [-0.2, 0) is 4.79 Å². The molecule has 1 aromatic carbocycles. The zero-order valence-electron chi connectivity index (χ0n) is 14.8. The fraction of sp³-hybridized carbons (Fsp3) is 0.211. The standard InChI is InChI=1S/C19H18N2O5S/c1-3-25-16-9-12(4-5-15(16)24-2)8-14(10-17(22)23)19-20-18(21-26-19)13-6-7-27-11-13/h4-9,11H,3,10H2,1-2H3,(H,22,23)/p-1/b14-8+. The smallest absolute Gasteiger partial charge is 0.254 e. The van der Waals surface area contributed by atoms with Crippen molar-refractivity contribution in [1.82, 2.24) is 10.1 Å². The molecule has 0 aliphatic heterocycles. The van der Waals surface area contributed by atoms with Gasteiger partial charge in [-0.1, -0.05) is 11.2 Å². The molecule has 8 heteroatoms. The van der Waals surface area contributed by atoms with Gasteiger partial charge in [0.1, 0.15) is 0 Å². The molecule has 0 radical (unpaired) electrons. The van der Waals surface area contributed by atoms with E-state index in [-0.39, 0.29) is 12.3 Å². The van der Waals surface area contributed by atoms with Gasteiger partial charge in [-0.3, -0.25) is 0 Å². The third kappa shape index (κ3) is 4.53. The van der Waals surface area contributed by atoms with E-state index in [0.29, 0.717) is 35.1 Å². The van der Waals surface area contributed by atoms with Gasteiger partial charge in [0.05, 0.1) is 13.7 Å². The number of thiophene rings is 1. The van der Waals surface area contributed by atoms with Crippen molar-refractivity contribution >= 4 is 29.0 Å². The molecule has 0 unspecified atom stereocenters. The van der Waals surface area contributed by atoms with E-state index in [1.807, 2.05) is 23.8 Å². The van der Waals surface area contributed by atoms with Gasteiger partial charge in [-0.2, -0.15) is 16.3 Å². The molecule has 0 fully saturated rings. The molecule has 0 spiro atoms. The van der Waals surface area contributed by atoms with Gasteiger partial charge in [-0.25, -0.2) is 0 Å². The van der Waals surface area contributed by atoms with Crippen LogP contribution in [-0.4, -0.2) is 29.8 Å². The third-order valence-corrected chi connectivity index (χ3v) is 4.33.